The van der Waals surface area contributed by atoms with Crippen LogP contribution in [0.2, 0.25) is 0 Å². The van der Waals surface area contributed by atoms with Gasteiger partial charge in [-0.05, 0) is 46.0 Å². The van der Waals surface area contributed by atoms with E-state index in [0.717, 1.165) is 6.42 Å². The van der Waals surface area contributed by atoms with Crippen LogP contribution in [0.5, 0.6) is 0 Å². The Kier molecular flexibility index (Phi) is 6.88. The van der Waals surface area contributed by atoms with E-state index in [4.69, 9.17) is 0 Å². The molecule has 0 bridgehead atoms. The molecule has 7 heteroatoms. The van der Waals surface area contributed by atoms with Gasteiger partial charge in [0.1, 0.15) is 0 Å². The van der Waals surface area contributed by atoms with Crippen LogP contribution < -0.4 is 0 Å². The third kappa shape index (κ3) is 5.09. The minimum atomic E-state index is -0.592. The standard InChI is InChI=1S/C23H38N2O4S/c1-14(2)24-17(26)13-16(20(24)29)30-23(8,9)11-10-22(6,7)25-18(27)12-15(19(25)28)21(3,4)5/h14-16H,10-13H2,1-9H3. The molecule has 0 radical (unpaired) electrons. The highest BCUT2D eigenvalue weighted by Gasteiger charge is 2.50. The van der Waals surface area contributed by atoms with E-state index in [-0.39, 0.29) is 63.8 Å². The van der Waals surface area contributed by atoms with Crippen LogP contribution in [0.15, 0.2) is 0 Å². The monoisotopic (exact) mass is 438 g/mol. The molecule has 2 fully saturated rings. The molecular weight excluding hydrogens is 400 g/mol. The van der Waals surface area contributed by atoms with Gasteiger partial charge in [0.25, 0.3) is 0 Å². The fraction of sp³-hybridized carbons (Fsp3) is 0.826. The lowest BCUT2D eigenvalue weighted by Gasteiger charge is -2.38. The topological polar surface area (TPSA) is 74.8 Å². The number of carbonyl (C=O) groups excluding carboxylic acids is 4. The summed E-state index contributed by atoms with van der Waals surface area (Å²) in [5, 5.41) is -0.363. The van der Waals surface area contributed by atoms with Crippen LogP contribution >= 0.6 is 11.8 Å². The predicted molar refractivity (Wildman–Crippen MR) is 120 cm³/mol. The number of hydrogen-bond donors (Lipinski definition) is 0. The van der Waals surface area contributed by atoms with Crippen molar-refractivity contribution in [2.75, 3.05) is 0 Å². The summed E-state index contributed by atoms with van der Waals surface area (Å²) in [6, 6.07) is -0.124. The van der Waals surface area contributed by atoms with Crippen molar-refractivity contribution in [3.63, 3.8) is 0 Å². The number of amides is 4. The van der Waals surface area contributed by atoms with Crippen LogP contribution in [0, 0.1) is 11.3 Å². The van der Waals surface area contributed by atoms with E-state index in [0.29, 0.717) is 6.42 Å². The van der Waals surface area contributed by atoms with Crippen molar-refractivity contribution in [3.8, 4) is 0 Å². The van der Waals surface area contributed by atoms with Gasteiger partial charge in [-0.1, -0.05) is 34.6 Å². The summed E-state index contributed by atoms with van der Waals surface area (Å²) in [6.45, 7) is 17.7. The predicted octanol–water partition coefficient (Wildman–Crippen LogP) is 4.01. The summed E-state index contributed by atoms with van der Waals surface area (Å²) < 4.78 is -0.264. The van der Waals surface area contributed by atoms with Gasteiger partial charge in [-0.2, -0.15) is 0 Å². The zero-order valence-electron chi connectivity index (χ0n) is 20.0. The molecule has 2 aliphatic rings. The Morgan fingerprint density at radius 1 is 0.867 bits per heavy atom. The highest BCUT2D eigenvalue weighted by molar-refractivity contribution is 8.02. The Balaban J connectivity index is 2.04. The molecule has 2 unspecified atom stereocenters. The molecule has 0 aromatic carbocycles. The van der Waals surface area contributed by atoms with Crippen molar-refractivity contribution >= 4 is 35.4 Å². The summed E-state index contributed by atoms with van der Waals surface area (Å²) in [5.41, 5.74) is -0.837. The first-order valence-corrected chi connectivity index (χ1v) is 11.8. The molecule has 0 spiro atoms. The highest BCUT2D eigenvalue weighted by Crippen LogP contribution is 2.43. The van der Waals surface area contributed by atoms with Crippen molar-refractivity contribution in [2.24, 2.45) is 11.3 Å². The van der Waals surface area contributed by atoms with Gasteiger partial charge in [0, 0.05) is 29.2 Å². The van der Waals surface area contributed by atoms with Crippen LogP contribution in [0.25, 0.3) is 0 Å². The zero-order chi connectivity index (χ0) is 23.2. The van der Waals surface area contributed by atoms with Crippen molar-refractivity contribution in [1.82, 2.24) is 9.80 Å². The minimum Gasteiger partial charge on any atom is -0.279 e. The summed E-state index contributed by atoms with van der Waals surface area (Å²) in [7, 11) is 0. The second-order valence-corrected chi connectivity index (χ2v) is 13.2. The van der Waals surface area contributed by atoms with Gasteiger partial charge in [-0.15, -0.1) is 11.8 Å². The van der Waals surface area contributed by atoms with Gasteiger partial charge >= 0.3 is 0 Å². The maximum atomic E-state index is 13.0. The first-order chi connectivity index (χ1) is 13.5. The second-order valence-electron chi connectivity index (χ2n) is 11.3. The average Bonchev–Trinajstić information content (AvgIpc) is 3.01. The van der Waals surface area contributed by atoms with Crippen LogP contribution in [0.1, 0.15) is 88.0 Å². The molecular formula is C23H38N2O4S. The quantitative estimate of drug-likeness (QED) is 0.561. The van der Waals surface area contributed by atoms with Crippen molar-refractivity contribution in [2.45, 2.75) is 110 Å². The maximum absolute atomic E-state index is 13.0. The molecule has 170 valence electrons. The van der Waals surface area contributed by atoms with Gasteiger partial charge in [0.15, 0.2) is 0 Å². The number of nitrogens with zero attached hydrogens (tertiary/aromatic N) is 2. The molecule has 2 heterocycles. The van der Waals surface area contributed by atoms with Crippen molar-refractivity contribution in [3.05, 3.63) is 0 Å². The zero-order valence-corrected chi connectivity index (χ0v) is 20.8. The smallest absolute Gasteiger partial charge is 0.243 e. The molecule has 0 aromatic rings. The van der Waals surface area contributed by atoms with Crippen LogP contribution in [0.3, 0.4) is 0 Å². The fourth-order valence-electron chi connectivity index (χ4n) is 4.36. The van der Waals surface area contributed by atoms with E-state index in [9.17, 15) is 19.2 Å². The molecule has 2 rings (SSSR count). The SMILES string of the molecule is CC(C)N1C(=O)CC(SC(C)(C)CCC(C)(C)N2C(=O)CC(C(C)(C)C)C2=O)C1=O. The average molecular weight is 439 g/mol. The summed E-state index contributed by atoms with van der Waals surface area (Å²) >= 11 is 1.53. The van der Waals surface area contributed by atoms with E-state index in [1.165, 1.54) is 21.6 Å². The third-order valence-electron chi connectivity index (χ3n) is 6.26. The van der Waals surface area contributed by atoms with Gasteiger partial charge in [-0.25, -0.2) is 0 Å². The van der Waals surface area contributed by atoms with Gasteiger partial charge < -0.3 is 0 Å². The molecule has 2 aliphatic heterocycles. The molecule has 30 heavy (non-hydrogen) atoms. The summed E-state index contributed by atoms with van der Waals surface area (Å²) in [5.74, 6) is -0.669. The number of hydrogen-bond acceptors (Lipinski definition) is 5. The number of rotatable bonds is 7. The lowest BCUT2D eigenvalue weighted by Crippen LogP contribution is -2.49. The largest absolute Gasteiger partial charge is 0.279 e. The third-order valence-corrected chi connectivity index (χ3v) is 7.75. The molecule has 4 amide bonds. The Morgan fingerprint density at radius 2 is 1.43 bits per heavy atom. The van der Waals surface area contributed by atoms with Crippen LogP contribution in [0.4, 0.5) is 0 Å². The number of thioether (sulfide) groups is 1. The lowest BCUT2D eigenvalue weighted by molar-refractivity contribution is -0.147. The second kappa shape index (κ2) is 8.29. The lowest BCUT2D eigenvalue weighted by atomic mass is 9.79. The van der Waals surface area contributed by atoms with Crippen molar-refractivity contribution in [1.29, 1.82) is 0 Å². The fourth-order valence-corrected chi connectivity index (χ4v) is 5.79. The van der Waals surface area contributed by atoms with Crippen LogP contribution in [-0.2, 0) is 19.2 Å². The Bertz CT molecular complexity index is 736. The molecule has 0 aliphatic carbocycles. The van der Waals surface area contributed by atoms with E-state index in [1.54, 1.807) is 0 Å². The normalized spacial score (nSPS) is 24.1. The Hall–Kier alpha value is -1.37. The van der Waals surface area contributed by atoms with E-state index in [2.05, 4.69) is 13.8 Å². The molecule has 6 nitrogen and oxygen atoms in total. The van der Waals surface area contributed by atoms with Crippen LogP contribution in [-0.4, -0.2) is 55.0 Å². The molecule has 0 saturated carbocycles. The maximum Gasteiger partial charge on any atom is 0.243 e. The van der Waals surface area contributed by atoms with Gasteiger partial charge in [-0.3, -0.25) is 29.0 Å². The van der Waals surface area contributed by atoms with Gasteiger partial charge in [0.05, 0.1) is 11.2 Å². The number of likely N-dealkylation sites (tertiary alicyclic amines) is 2. The number of carbonyl (C=O) groups is 4. The van der Waals surface area contributed by atoms with E-state index >= 15 is 0 Å². The molecule has 2 saturated heterocycles. The first-order valence-electron chi connectivity index (χ1n) is 10.9. The highest BCUT2D eigenvalue weighted by atomic mass is 32.2. The van der Waals surface area contributed by atoms with E-state index in [1.807, 2.05) is 48.5 Å². The summed E-state index contributed by atoms with van der Waals surface area (Å²) in [4.78, 5) is 53.4. The summed E-state index contributed by atoms with van der Waals surface area (Å²) in [6.07, 6.45) is 1.88. The molecule has 2 atom stereocenters. The minimum absolute atomic E-state index is 0.0768. The Morgan fingerprint density at radius 3 is 1.87 bits per heavy atom. The first kappa shape index (κ1) is 24.9. The van der Waals surface area contributed by atoms with E-state index < -0.39 is 5.54 Å². The molecule has 0 aromatic heterocycles. The Labute approximate surface area is 185 Å². The van der Waals surface area contributed by atoms with Gasteiger partial charge in [0.2, 0.25) is 23.6 Å². The number of imide groups is 2. The molecule has 0 N–H and O–H groups in total. The van der Waals surface area contributed by atoms with Crippen molar-refractivity contribution < 1.29 is 19.2 Å².